The molecule has 1 amide bonds. The molecule has 3 unspecified atom stereocenters. The molecule has 5 nitrogen and oxygen atoms in total. The van der Waals surface area contributed by atoms with E-state index in [4.69, 9.17) is 9.47 Å². The second-order valence-corrected chi connectivity index (χ2v) is 6.62. The lowest BCUT2D eigenvalue weighted by molar-refractivity contribution is 0.0621. The number of ether oxygens (including phenoxy) is 2. The zero-order valence-electron chi connectivity index (χ0n) is 14.0. The first-order valence-electron chi connectivity index (χ1n) is 8.52. The molecule has 1 N–H and O–H groups in total. The second kappa shape index (κ2) is 7.32. The van der Waals surface area contributed by atoms with Gasteiger partial charge in [-0.3, -0.25) is 4.79 Å². The topological polar surface area (TPSA) is 50.8 Å². The van der Waals surface area contributed by atoms with E-state index in [9.17, 15) is 4.79 Å². The van der Waals surface area contributed by atoms with Crippen molar-refractivity contribution in [3.63, 3.8) is 0 Å². The van der Waals surface area contributed by atoms with E-state index < -0.39 is 0 Å². The van der Waals surface area contributed by atoms with Crippen LogP contribution < -0.4 is 10.1 Å². The minimum absolute atomic E-state index is 0.0492. The molecule has 2 saturated heterocycles. The van der Waals surface area contributed by atoms with Crippen molar-refractivity contribution in [3.05, 3.63) is 29.8 Å². The van der Waals surface area contributed by atoms with Crippen molar-refractivity contribution in [2.24, 2.45) is 0 Å². The van der Waals surface area contributed by atoms with Gasteiger partial charge in [0.25, 0.3) is 5.91 Å². The first kappa shape index (κ1) is 16.3. The smallest absolute Gasteiger partial charge is 0.257 e. The number of nitrogens with one attached hydrogen (secondary N) is 1. The molecule has 2 fully saturated rings. The van der Waals surface area contributed by atoms with Crippen LogP contribution in [-0.2, 0) is 4.74 Å². The summed E-state index contributed by atoms with van der Waals surface area (Å²) in [5, 5.41) is 3.45. The average molecular weight is 318 g/mol. The van der Waals surface area contributed by atoms with Crippen molar-refractivity contribution in [2.45, 2.75) is 44.9 Å². The molecule has 0 aliphatic carbocycles. The van der Waals surface area contributed by atoms with Gasteiger partial charge in [0.15, 0.2) is 0 Å². The molecule has 5 heteroatoms. The maximum Gasteiger partial charge on any atom is 0.257 e. The molecule has 3 rings (SSSR count). The molecule has 0 aromatic heterocycles. The second-order valence-electron chi connectivity index (χ2n) is 6.62. The van der Waals surface area contributed by atoms with E-state index in [-0.39, 0.29) is 12.0 Å². The summed E-state index contributed by atoms with van der Waals surface area (Å²) in [5.41, 5.74) is 0.645. The van der Waals surface area contributed by atoms with Gasteiger partial charge in [0.1, 0.15) is 12.4 Å². The number of piperazine rings is 1. The van der Waals surface area contributed by atoms with E-state index in [0.29, 0.717) is 30.0 Å². The van der Waals surface area contributed by atoms with Gasteiger partial charge in [-0.25, -0.2) is 0 Å². The zero-order chi connectivity index (χ0) is 16.2. The summed E-state index contributed by atoms with van der Waals surface area (Å²) < 4.78 is 11.5. The van der Waals surface area contributed by atoms with Gasteiger partial charge in [-0.1, -0.05) is 12.1 Å². The van der Waals surface area contributed by atoms with Crippen molar-refractivity contribution >= 4 is 5.91 Å². The summed E-state index contributed by atoms with van der Waals surface area (Å²) in [6, 6.07) is 8.14. The Balaban J connectivity index is 1.69. The van der Waals surface area contributed by atoms with E-state index in [0.717, 1.165) is 32.5 Å². The quantitative estimate of drug-likeness (QED) is 0.923. The number of para-hydroxylation sites is 1. The molecule has 1 aromatic rings. The number of amides is 1. The van der Waals surface area contributed by atoms with Crippen LogP contribution in [0.15, 0.2) is 24.3 Å². The van der Waals surface area contributed by atoms with Crippen molar-refractivity contribution in [2.75, 3.05) is 26.3 Å². The van der Waals surface area contributed by atoms with Crippen molar-refractivity contribution in [1.82, 2.24) is 10.2 Å². The molecule has 2 aliphatic heterocycles. The fraction of sp³-hybridized carbons (Fsp3) is 0.611. The number of benzene rings is 1. The Labute approximate surface area is 137 Å². The van der Waals surface area contributed by atoms with Crippen LogP contribution in [0.5, 0.6) is 5.75 Å². The van der Waals surface area contributed by atoms with Crippen LogP contribution in [0, 0.1) is 0 Å². The van der Waals surface area contributed by atoms with Crippen molar-refractivity contribution < 1.29 is 14.3 Å². The Morgan fingerprint density at radius 3 is 2.74 bits per heavy atom. The lowest BCUT2D eigenvalue weighted by Gasteiger charge is -2.36. The zero-order valence-corrected chi connectivity index (χ0v) is 14.0. The lowest BCUT2D eigenvalue weighted by Crippen LogP contribution is -2.55. The molecule has 3 atom stereocenters. The number of rotatable bonds is 4. The van der Waals surface area contributed by atoms with Gasteiger partial charge in [-0.15, -0.1) is 0 Å². The summed E-state index contributed by atoms with van der Waals surface area (Å²) in [6.07, 6.45) is 2.27. The van der Waals surface area contributed by atoms with E-state index in [1.807, 2.05) is 29.2 Å². The molecule has 0 bridgehead atoms. The van der Waals surface area contributed by atoms with Crippen LogP contribution in [0.2, 0.25) is 0 Å². The maximum atomic E-state index is 12.9. The largest absolute Gasteiger partial charge is 0.490 e. The van der Waals surface area contributed by atoms with Gasteiger partial charge in [0.05, 0.1) is 11.7 Å². The molecule has 23 heavy (non-hydrogen) atoms. The minimum Gasteiger partial charge on any atom is -0.490 e. The number of nitrogens with zero attached hydrogens (tertiary/aromatic N) is 1. The lowest BCUT2D eigenvalue weighted by atomic mass is 10.1. The molecule has 0 saturated carbocycles. The third-order valence-electron chi connectivity index (χ3n) is 4.41. The molecule has 1 aromatic carbocycles. The standard InChI is InChI=1S/C18H26N2O3/c1-13-10-20(11-14(2)19-13)18(21)16-7-3-4-8-17(16)23-12-15-6-5-9-22-15/h3-4,7-8,13-15,19H,5-6,9-12H2,1-2H3. The van der Waals surface area contributed by atoms with E-state index in [1.165, 1.54) is 0 Å². The molecule has 2 heterocycles. The molecular weight excluding hydrogens is 292 g/mol. The highest BCUT2D eigenvalue weighted by Gasteiger charge is 2.27. The summed E-state index contributed by atoms with van der Waals surface area (Å²) >= 11 is 0. The van der Waals surface area contributed by atoms with Crippen LogP contribution in [0.4, 0.5) is 0 Å². The predicted octanol–water partition coefficient (Wildman–Crippen LogP) is 2.07. The van der Waals surface area contributed by atoms with Crippen LogP contribution in [0.25, 0.3) is 0 Å². The van der Waals surface area contributed by atoms with E-state index in [1.54, 1.807) is 0 Å². The Morgan fingerprint density at radius 1 is 1.30 bits per heavy atom. The van der Waals surface area contributed by atoms with Crippen LogP contribution in [0.3, 0.4) is 0 Å². The van der Waals surface area contributed by atoms with Gasteiger partial charge < -0.3 is 19.7 Å². The number of carbonyl (C=O) groups excluding carboxylic acids is 1. The first-order valence-corrected chi connectivity index (χ1v) is 8.52. The van der Waals surface area contributed by atoms with Gasteiger partial charge >= 0.3 is 0 Å². The van der Waals surface area contributed by atoms with E-state index in [2.05, 4.69) is 19.2 Å². The summed E-state index contributed by atoms with van der Waals surface area (Å²) in [5.74, 6) is 0.708. The SMILES string of the molecule is CC1CN(C(=O)c2ccccc2OCC2CCCO2)CC(C)N1. The minimum atomic E-state index is 0.0492. The maximum absolute atomic E-state index is 12.9. The molecule has 0 spiro atoms. The van der Waals surface area contributed by atoms with Gasteiger partial charge in [0.2, 0.25) is 0 Å². The molecule has 2 aliphatic rings. The first-order chi connectivity index (χ1) is 11.1. The monoisotopic (exact) mass is 318 g/mol. The Morgan fingerprint density at radius 2 is 2.04 bits per heavy atom. The highest BCUT2D eigenvalue weighted by atomic mass is 16.5. The predicted molar refractivity (Wildman–Crippen MR) is 88.9 cm³/mol. The normalized spacial score (nSPS) is 27.9. The van der Waals surface area contributed by atoms with Crippen LogP contribution in [-0.4, -0.2) is 55.3 Å². The summed E-state index contributed by atoms with van der Waals surface area (Å²) in [7, 11) is 0. The molecule has 126 valence electrons. The summed E-state index contributed by atoms with van der Waals surface area (Å²) in [4.78, 5) is 14.8. The number of carbonyl (C=O) groups is 1. The Kier molecular flexibility index (Phi) is 5.18. The highest BCUT2D eigenvalue weighted by molar-refractivity contribution is 5.97. The van der Waals surface area contributed by atoms with Gasteiger partial charge in [0, 0.05) is 31.8 Å². The third kappa shape index (κ3) is 4.03. The number of hydrogen-bond acceptors (Lipinski definition) is 4. The third-order valence-corrected chi connectivity index (χ3v) is 4.41. The molecular formula is C18H26N2O3. The van der Waals surface area contributed by atoms with Crippen LogP contribution >= 0.6 is 0 Å². The van der Waals surface area contributed by atoms with Crippen LogP contribution in [0.1, 0.15) is 37.0 Å². The number of hydrogen-bond donors (Lipinski definition) is 1. The summed E-state index contributed by atoms with van der Waals surface area (Å²) in [6.45, 7) is 6.99. The van der Waals surface area contributed by atoms with Gasteiger partial charge in [-0.05, 0) is 38.8 Å². The van der Waals surface area contributed by atoms with Crippen molar-refractivity contribution in [3.8, 4) is 5.75 Å². The Bertz CT molecular complexity index is 533. The van der Waals surface area contributed by atoms with Crippen molar-refractivity contribution in [1.29, 1.82) is 0 Å². The van der Waals surface area contributed by atoms with E-state index >= 15 is 0 Å². The molecule has 0 radical (unpaired) electrons. The Hall–Kier alpha value is -1.59. The van der Waals surface area contributed by atoms with Gasteiger partial charge in [-0.2, -0.15) is 0 Å². The fourth-order valence-corrected chi connectivity index (χ4v) is 3.39. The highest BCUT2D eigenvalue weighted by Crippen LogP contribution is 2.23. The fourth-order valence-electron chi connectivity index (χ4n) is 3.39. The average Bonchev–Trinajstić information content (AvgIpc) is 3.05.